The fraction of sp³-hybridized carbons (Fsp3) is 1.00. The Bertz CT molecular complexity index is 585. The summed E-state index contributed by atoms with van der Waals surface area (Å²) in [6, 6.07) is 0. The van der Waals surface area contributed by atoms with Gasteiger partial charge in [0, 0.05) is 6.42 Å². The van der Waals surface area contributed by atoms with Crippen molar-refractivity contribution in [1.29, 1.82) is 0 Å². The Morgan fingerprint density at radius 1 is 0.556 bits per heavy atom. The highest BCUT2D eigenvalue weighted by molar-refractivity contribution is 4.91. The molecule has 0 aromatic rings. The maximum absolute atomic E-state index is 13.7. The molecular formula is C23H42F6O7. The normalized spacial score (nSPS) is 18.5. The van der Waals surface area contributed by atoms with Gasteiger partial charge >= 0.3 is 18.0 Å². The average Bonchev–Trinajstić information content (AvgIpc) is 2.81. The SMILES string of the molecule is CCC(F)(F)C(F)(F)C(F)(F)OC(C)COC(C)COC(C)COC(C)COC(C)COC(C)CO. The van der Waals surface area contributed by atoms with Crippen molar-refractivity contribution in [1.82, 2.24) is 0 Å². The fourth-order valence-corrected chi connectivity index (χ4v) is 2.54. The molecule has 0 spiro atoms. The molecule has 1 N–H and O–H groups in total. The van der Waals surface area contributed by atoms with E-state index >= 15 is 0 Å². The predicted octanol–water partition coefficient (Wildman–Crippen LogP) is 4.68. The van der Waals surface area contributed by atoms with Gasteiger partial charge in [-0.1, -0.05) is 6.92 Å². The quantitative estimate of drug-likeness (QED) is 0.210. The van der Waals surface area contributed by atoms with Crippen molar-refractivity contribution >= 4 is 0 Å². The van der Waals surface area contributed by atoms with Gasteiger partial charge in [-0.2, -0.15) is 26.3 Å². The highest BCUT2D eigenvalue weighted by Crippen LogP contribution is 2.48. The zero-order valence-electron chi connectivity index (χ0n) is 22.1. The Balaban J connectivity index is 4.23. The van der Waals surface area contributed by atoms with Gasteiger partial charge in [-0.25, -0.2) is 0 Å². The summed E-state index contributed by atoms with van der Waals surface area (Å²) in [4.78, 5) is 0. The first-order chi connectivity index (χ1) is 16.5. The van der Waals surface area contributed by atoms with E-state index in [9.17, 15) is 26.3 Å². The van der Waals surface area contributed by atoms with Crippen LogP contribution in [-0.4, -0.2) is 99.3 Å². The first kappa shape index (κ1) is 35.3. The van der Waals surface area contributed by atoms with E-state index in [-0.39, 0.29) is 44.2 Å². The lowest BCUT2D eigenvalue weighted by atomic mass is 10.1. The Hall–Kier alpha value is -0.700. The first-order valence-corrected chi connectivity index (χ1v) is 12.0. The van der Waals surface area contributed by atoms with Crippen molar-refractivity contribution in [2.45, 2.75) is 109 Å². The van der Waals surface area contributed by atoms with Gasteiger partial charge in [0.15, 0.2) is 0 Å². The molecule has 0 bridgehead atoms. The van der Waals surface area contributed by atoms with Gasteiger partial charge in [0.2, 0.25) is 0 Å². The molecule has 0 aliphatic rings. The zero-order valence-corrected chi connectivity index (χ0v) is 22.1. The lowest BCUT2D eigenvalue weighted by Crippen LogP contribution is -2.56. The molecule has 6 atom stereocenters. The van der Waals surface area contributed by atoms with E-state index in [1.165, 1.54) is 0 Å². The zero-order chi connectivity index (χ0) is 28.2. The minimum atomic E-state index is -5.67. The maximum atomic E-state index is 13.7. The highest BCUT2D eigenvalue weighted by atomic mass is 19.3. The van der Waals surface area contributed by atoms with Gasteiger partial charge in [0.05, 0.1) is 76.3 Å². The molecule has 36 heavy (non-hydrogen) atoms. The molecule has 0 saturated heterocycles. The Labute approximate surface area is 209 Å². The third-order valence-corrected chi connectivity index (χ3v) is 4.95. The van der Waals surface area contributed by atoms with E-state index in [0.29, 0.717) is 20.1 Å². The molecule has 7 nitrogen and oxygen atoms in total. The highest BCUT2D eigenvalue weighted by Gasteiger charge is 2.72. The Morgan fingerprint density at radius 3 is 1.17 bits per heavy atom. The largest absolute Gasteiger partial charge is 0.426 e. The summed E-state index contributed by atoms with van der Waals surface area (Å²) >= 11 is 0. The van der Waals surface area contributed by atoms with Crippen LogP contribution in [0.5, 0.6) is 0 Å². The van der Waals surface area contributed by atoms with Gasteiger partial charge in [-0.15, -0.1) is 0 Å². The number of aliphatic hydroxyl groups is 1. The number of hydrogen-bond donors (Lipinski definition) is 1. The maximum Gasteiger partial charge on any atom is 0.426 e. The standard InChI is InChI=1S/C23H42F6O7/c1-8-21(24,25)22(26,27)23(28,29)36-20(7)14-35-19(6)13-34-18(5)12-33-17(4)11-32-16(3)10-31-15(2)9-30/h15-20,30H,8-14H2,1-7H3. The summed E-state index contributed by atoms with van der Waals surface area (Å²) in [5.74, 6) is -10.6. The molecular weight excluding hydrogens is 502 g/mol. The molecule has 0 heterocycles. The number of ether oxygens (including phenoxy) is 6. The lowest BCUT2D eigenvalue weighted by molar-refractivity contribution is -0.408. The van der Waals surface area contributed by atoms with Crippen molar-refractivity contribution in [3.05, 3.63) is 0 Å². The van der Waals surface area contributed by atoms with E-state index in [2.05, 4.69) is 4.74 Å². The van der Waals surface area contributed by atoms with E-state index in [4.69, 9.17) is 28.8 Å². The second kappa shape index (κ2) is 16.3. The number of aliphatic hydroxyl groups excluding tert-OH is 1. The lowest BCUT2D eigenvalue weighted by Gasteiger charge is -2.33. The molecule has 0 fully saturated rings. The van der Waals surface area contributed by atoms with E-state index in [1.54, 1.807) is 20.8 Å². The van der Waals surface area contributed by atoms with Crippen molar-refractivity contribution in [3.8, 4) is 0 Å². The molecule has 13 heteroatoms. The predicted molar refractivity (Wildman–Crippen MR) is 120 cm³/mol. The summed E-state index contributed by atoms with van der Waals surface area (Å²) in [6.07, 6.45) is -10.1. The van der Waals surface area contributed by atoms with E-state index in [0.717, 1.165) is 6.92 Å². The molecule has 0 amide bonds. The van der Waals surface area contributed by atoms with Crippen LogP contribution in [0.15, 0.2) is 0 Å². The van der Waals surface area contributed by atoms with E-state index in [1.807, 2.05) is 13.8 Å². The van der Waals surface area contributed by atoms with Crippen LogP contribution in [0.25, 0.3) is 0 Å². The molecule has 0 radical (unpaired) electrons. The molecule has 6 unspecified atom stereocenters. The Kier molecular flexibility index (Phi) is 16.0. The number of hydrogen-bond acceptors (Lipinski definition) is 7. The molecule has 218 valence electrons. The molecule has 0 aromatic carbocycles. The number of rotatable bonds is 21. The van der Waals surface area contributed by atoms with Crippen LogP contribution < -0.4 is 0 Å². The van der Waals surface area contributed by atoms with Crippen molar-refractivity contribution in [2.75, 3.05) is 39.6 Å². The molecule has 0 saturated carbocycles. The van der Waals surface area contributed by atoms with Gasteiger partial charge < -0.3 is 33.5 Å². The van der Waals surface area contributed by atoms with Crippen LogP contribution in [0.2, 0.25) is 0 Å². The second-order valence-electron chi connectivity index (χ2n) is 8.98. The van der Waals surface area contributed by atoms with Gasteiger partial charge in [0.25, 0.3) is 0 Å². The Morgan fingerprint density at radius 2 is 0.861 bits per heavy atom. The smallest absolute Gasteiger partial charge is 0.394 e. The van der Waals surface area contributed by atoms with Crippen LogP contribution >= 0.6 is 0 Å². The van der Waals surface area contributed by atoms with Crippen LogP contribution in [0.4, 0.5) is 26.3 Å². The summed E-state index contributed by atoms with van der Waals surface area (Å²) in [7, 11) is 0. The van der Waals surface area contributed by atoms with Gasteiger partial charge in [0.1, 0.15) is 0 Å². The molecule has 0 aliphatic heterocycles. The van der Waals surface area contributed by atoms with Crippen molar-refractivity contribution in [2.24, 2.45) is 0 Å². The van der Waals surface area contributed by atoms with Crippen LogP contribution in [-0.2, 0) is 28.4 Å². The number of halogens is 6. The van der Waals surface area contributed by atoms with Gasteiger partial charge in [-0.3, -0.25) is 0 Å². The number of alkyl halides is 6. The van der Waals surface area contributed by atoms with Crippen LogP contribution in [0.3, 0.4) is 0 Å². The second-order valence-corrected chi connectivity index (χ2v) is 8.98. The molecule has 0 rings (SSSR count). The fourth-order valence-electron chi connectivity index (χ4n) is 2.54. The first-order valence-electron chi connectivity index (χ1n) is 12.0. The summed E-state index contributed by atoms with van der Waals surface area (Å²) in [5, 5.41) is 8.93. The minimum absolute atomic E-state index is 0.0417. The summed E-state index contributed by atoms with van der Waals surface area (Å²) in [5.41, 5.74) is 0. The molecule has 0 aromatic heterocycles. The third kappa shape index (κ3) is 12.7. The van der Waals surface area contributed by atoms with Crippen LogP contribution in [0.1, 0.15) is 54.9 Å². The minimum Gasteiger partial charge on any atom is -0.394 e. The molecule has 0 aliphatic carbocycles. The third-order valence-electron chi connectivity index (χ3n) is 4.95. The van der Waals surface area contributed by atoms with E-state index < -0.39 is 43.2 Å². The van der Waals surface area contributed by atoms with Gasteiger partial charge in [-0.05, 0) is 41.5 Å². The van der Waals surface area contributed by atoms with Crippen molar-refractivity contribution in [3.63, 3.8) is 0 Å². The average molecular weight is 545 g/mol. The summed E-state index contributed by atoms with van der Waals surface area (Å²) < 4.78 is 112. The van der Waals surface area contributed by atoms with Crippen LogP contribution in [0, 0.1) is 0 Å². The monoisotopic (exact) mass is 544 g/mol. The topological polar surface area (TPSA) is 75.6 Å². The van der Waals surface area contributed by atoms with Crippen molar-refractivity contribution < 1.29 is 59.9 Å². The summed E-state index contributed by atoms with van der Waals surface area (Å²) in [6.45, 7) is 10.7.